The van der Waals surface area contributed by atoms with Gasteiger partial charge < -0.3 is 4.74 Å². The van der Waals surface area contributed by atoms with E-state index in [4.69, 9.17) is 10.00 Å². The summed E-state index contributed by atoms with van der Waals surface area (Å²) in [6.45, 7) is 0.573. The molecule has 0 fully saturated rings. The molecule has 0 atom stereocenters. The number of nitriles is 1. The smallest absolute Gasteiger partial charge is 0.261 e. The molecular weight excluding hydrogens is 288 g/mol. The van der Waals surface area contributed by atoms with E-state index >= 15 is 0 Å². The quantitative estimate of drug-likeness (QED) is 0.943. The second-order valence-corrected chi connectivity index (χ2v) is 6.31. The highest BCUT2D eigenvalue weighted by molar-refractivity contribution is 7.92. The van der Waals surface area contributed by atoms with Crippen molar-refractivity contribution in [1.29, 1.82) is 5.26 Å². The van der Waals surface area contributed by atoms with E-state index in [0.717, 1.165) is 11.3 Å². The zero-order chi connectivity index (χ0) is 14.9. The number of benzene rings is 2. The number of hydrogen-bond donors (Lipinski definition) is 1. The number of hydrogen-bond acceptors (Lipinski definition) is 4. The van der Waals surface area contributed by atoms with E-state index in [-0.39, 0.29) is 16.1 Å². The van der Waals surface area contributed by atoms with Gasteiger partial charge in [0.05, 0.1) is 22.8 Å². The van der Waals surface area contributed by atoms with Gasteiger partial charge in [-0.05, 0) is 35.9 Å². The third-order valence-corrected chi connectivity index (χ3v) is 4.63. The molecule has 0 amide bonds. The molecule has 6 heteroatoms. The van der Waals surface area contributed by atoms with Gasteiger partial charge in [0.1, 0.15) is 11.8 Å². The van der Waals surface area contributed by atoms with E-state index < -0.39 is 10.0 Å². The molecule has 0 saturated carbocycles. The van der Waals surface area contributed by atoms with Crippen LogP contribution < -0.4 is 9.46 Å². The summed E-state index contributed by atoms with van der Waals surface area (Å²) in [5.41, 5.74) is 1.44. The first-order valence-corrected chi connectivity index (χ1v) is 7.86. The minimum absolute atomic E-state index is 0.166. The summed E-state index contributed by atoms with van der Waals surface area (Å²) in [4.78, 5) is 0.166. The Morgan fingerprint density at radius 3 is 2.81 bits per heavy atom. The monoisotopic (exact) mass is 300 g/mol. The predicted octanol–water partition coefficient (Wildman–Crippen LogP) is 2.29. The van der Waals surface area contributed by atoms with Crippen LogP contribution in [-0.2, 0) is 16.4 Å². The van der Waals surface area contributed by atoms with Crippen molar-refractivity contribution in [2.45, 2.75) is 11.3 Å². The van der Waals surface area contributed by atoms with Gasteiger partial charge in [-0.1, -0.05) is 12.1 Å². The van der Waals surface area contributed by atoms with Crippen LogP contribution in [0.5, 0.6) is 5.75 Å². The van der Waals surface area contributed by atoms with Gasteiger partial charge in [0.25, 0.3) is 10.0 Å². The van der Waals surface area contributed by atoms with Gasteiger partial charge >= 0.3 is 0 Å². The fraction of sp³-hybridized carbons (Fsp3) is 0.133. The summed E-state index contributed by atoms with van der Waals surface area (Å²) in [6.07, 6.45) is 0.702. The van der Waals surface area contributed by atoms with Crippen LogP contribution in [0.2, 0.25) is 0 Å². The Balaban J connectivity index is 1.96. The summed E-state index contributed by atoms with van der Waals surface area (Å²) in [5, 5.41) is 9.01. The number of para-hydroxylation sites is 1. The van der Waals surface area contributed by atoms with Crippen LogP contribution in [0.1, 0.15) is 11.1 Å². The Morgan fingerprint density at radius 1 is 1.19 bits per heavy atom. The highest BCUT2D eigenvalue weighted by Crippen LogP contribution is 2.28. The molecule has 0 bridgehead atoms. The zero-order valence-corrected chi connectivity index (χ0v) is 11.9. The minimum Gasteiger partial charge on any atom is -0.493 e. The SMILES string of the molecule is N#Cc1ccccc1NS(=O)(=O)c1ccc2c(c1)CCO2. The highest BCUT2D eigenvalue weighted by atomic mass is 32.2. The summed E-state index contributed by atoms with van der Waals surface area (Å²) < 4.78 is 32.6. The zero-order valence-electron chi connectivity index (χ0n) is 11.0. The minimum atomic E-state index is -3.72. The molecule has 3 rings (SSSR count). The van der Waals surface area contributed by atoms with Crippen molar-refractivity contribution in [2.75, 3.05) is 11.3 Å². The van der Waals surface area contributed by atoms with Crippen molar-refractivity contribution >= 4 is 15.7 Å². The molecule has 106 valence electrons. The Morgan fingerprint density at radius 2 is 2.00 bits per heavy atom. The van der Waals surface area contributed by atoms with Gasteiger partial charge in [0.2, 0.25) is 0 Å². The Hall–Kier alpha value is -2.52. The van der Waals surface area contributed by atoms with E-state index in [1.807, 2.05) is 6.07 Å². The lowest BCUT2D eigenvalue weighted by atomic mass is 10.2. The molecule has 2 aromatic carbocycles. The van der Waals surface area contributed by atoms with Gasteiger partial charge in [-0.25, -0.2) is 8.42 Å². The molecule has 1 N–H and O–H groups in total. The Kier molecular flexibility index (Phi) is 3.28. The van der Waals surface area contributed by atoms with Crippen molar-refractivity contribution in [3.8, 4) is 11.8 Å². The van der Waals surface area contributed by atoms with E-state index in [1.54, 1.807) is 36.4 Å². The highest BCUT2D eigenvalue weighted by Gasteiger charge is 2.20. The molecule has 0 unspecified atom stereocenters. The van der Waals surface area contributed by atoms with Crippen LogP contribution in [0.4, 0.5) is 5.69 Å². The van der Waals surface area contributed by atoms with E-state index in [2.05, 4.69) is 4.72 Å². The van der Waals surface area contributed by atoms with Crippen LogP contribution >= 0.6 is 0 Å². The third kappa shape index (κ3) is 2.56. The van der Waals surface area contributed by atoms with Crippen LogP contribution in [0, 0.1) is 11.3 Å². The number of sulfonamides is 1. The fourth-order valence-electron chi connectivity index (χ4n) is 2.20. The molecule has 21 heavy (non-hydrogen) atoms. The van der Waals surface area contributed by atoms with Crippen LogP contribution in [0.15, 0.2) is 47.4 Å². The molecule has 0 saturated heterocycles. The largest absolute Gasteiger partial charge is 0.493 e. The third-order valence-electron chi connectivity index (χ3n) is 3.26. The number of anilines is 1. The van der Waals surface area contributed by atoms with Gasteiger partial charge in [0, 0.05) is 6.42 Å². The predicted molar refractivity (Wildman–Crippen MR) is 77.6 cm³/mol. The molecule has 1 aliphatic rings. The maximum atomic E-state index is 12.4. The normalized spacial score (nSPS) is 13.1. The number of nitrogens with zero attached hydrogens (tertiary/aromatic N) is 1. The Labute approximate surface area is 122 Å². The molecule has 5 nitrogen and oxygen atoms in total. The number of fused-ring (bicyclic) bond motifs is 1. The van der Waals surface area contributed by atoms with Crippen molar-refractivity contribution in [1.82, 2.24) is 0 Å². The summed E-state index contributed by atoms with van der Waals surface area (Å²) in [6, 6.07) is 13.2. The standard InChI is InChI=1S/C15H12N2O3S/c16-10-12-3-1-2-4-14(12)17-21(18,19)13-5-6-15-11(9-13)7-8-20-15/h1-6,9,17H,7-8H2. The molecule has 2 aromatic rings. The first-order valence-electron chi connectivity index (χ1n) is 6.38. The average Bonchev–Trinajstić information content (AvgIpc) is 2.95. The van der Waals surface area contributed by atoms with Crippen LogP contribution in [-0.4, -0.2) is 15.0 Å². The van der Waals surface area contributed by atoms with Gasteiger partial charge in [0.15, 0.2) is 0 Å². The van der Waals surface area contributed by atoms with Crippen LogP contribution in [0.25, 0.3) is 0 Å². The number of rotatable bonds is 3. The molecule has 0 aliphatic carbocycles. The lowest BCUT2D eigenvalue weighted by molar-refractivity contribution is 0.356. The summed E-state index contributed by atoms with van der Waals surface area (Å²) in [5.74, 6) is 0.728. The first kappa shape index (κ1) is 13.5. The second-order valence-electron chi connectivity index (χ2n) is 4.63. The maximum absolute atomic E-state index is 12.4. The van der Waals surface area contributed by atoms with E-state index in [0.29, 0.717) is 13.0 Å². The van der Waals surface area contributed by atoms with E-state index in [9.17, 15) is 8.42 Å². The lowest BCUT2D eigenvalue weighted by Gasteiger charge is -2.10. The lowest BCUT2D eigenvalue weighted by Crippen LogP contribution is -2.14. The summed E-state index contributed by atoms with van der Waals surface area (Å²) >= 11 is 0. The fourth-order valence-corrected chi connectivity index (χ4v) is 3.33. The number of nitrogens with one attached hydrogen (secondary N) is 1. The average molecular weight is 300 g/mol. The molecule has 0 aromatic heterocycles. The van der Waals surface area contributed by atoms with Gasteiger partial charge in [-0.15, -0.1) is 0 Å². The van der Waals surface area contributed by atoms with Crippen molar-refractivity contribution in [3.63, 3.8) is 0 Å². The summed E-state index contributed by atoms with van der Waals surface area (Å²) in [7, 11) is -3.72. The van der Waals surface area contributed by atoms with Crippen molar-refractivity contribution < 1.29 is 13.2 Å². The second kappa shape index (κ2) is 5.11. The molecule has 0 radical (unpaired) electrons. The van der Waals surface area contributed by atoms with Gasteiger partial charge in [-0.3, -0.25) is 4.72 Å². The first-order chi connectivity index (χ1) is 10.1. The van der Waals surface area contributed by atoms with Crippen molar-refractivity contribution in [2.24, 2.45) is 0 Å². The van der Waals surface area contributed by atoms with E-state index in [1.165, 1.54) is 6.07 Å². The molecule has 1 heterocycles. The molecular formula is C15H12N2O3S. The van der Waals surface area contributed by atoms with Gasteiger partial charge in [-0.2, -0.15) is 5.26 Å². The topological polar surface area (TPSA) is 79.2 Å². The molecule has 1 aliphatic heterocycles. The Bertz CT molecular complexity index is 838. The van der Waals surface area contributed by atoms with Crippen LogP contribution in [0.3, 0.4) is 0 Å². The molecule has 0 spiro atoms. The maximum Gasteiger partial charge on any atom is 0.261 e. The van der Waals surface area contributed by atoms with Crippen molar-refractivity contribution in [3.05, 3.63) is 53.6 Å². The number of ether oxygens (including phenoxy) is 1.